The van der Waals surface area contributed by atoms with E-state index in [1.54, 1.807) is 22.6 Å². The molecule has 0 heterocycles. The first kappa shape index (κ1) is 10.5. The number of hydrogen-bond donors (Lipinski definition) is 3. The Balaban J connectivity index is 3.62. The van der Waals surface area contributed by atoms with Crippen LogP contribution >= 0.6 is 22.6 Å². The lowest BCUT2D eigenvalue weighted by atomic mass is 10.3. The van der Waals surface area contributed by atoms with Crippen molar-refractivity contribution < 1.29 is 23.2 Å². The largest absolute Gasteiger partial charge is 0.504 e. The van der Waals surface area contributed by atoms with Gasteiger partial charge in [0.2, 0.25) is 0 Å². The molecule has 1 rings (SSSR count). The standard InChI is InChI=1S/C6H5IO5S/c7-3-1-2-4(8)5(9)6(3)13(10,11)12/h1-2,8-9H,(H,10,11,12). The van der Waals surface area contributed by atoms with Crippen molar-refractivity contribution in [2.45, 2.75) is 4.90 Å². The molecule has 5 nitrogen and oxygen atoms in total. The highest BCUT2D eigenvalue weighted by atomic mass is 127. The molecular weight excluding hydrogens is 311 g/mol. The van der Waals surface area contributed by atoms with E-state index in [1.165, 1.54) is 6.07 Å². The van der Waals surface area contributed by atoms with Crippen molar-refractivity contribution in [3.63, 3.8) is 0 Å². The summed E-state index contributed by atoms with van der Waals surface area (Å²) in [5.74, 6) is -1.43. The number of benzene rings is 1. The van der Waals surface area contributed by atoms with Crippen LogP contribution in [0, 0.1) is 3.57 Å². The van der Waals surface area contributed by atoms with Crippen LogP contribution in [0.25, 0.3) is 0 Å². The van der Waals surface area contributed by atoms with Gasteiger partial charge in [-0.25, -0.2) is 0 Å². The van der Waals surface area contributed by atoms with E-state index in [1.807, 2.05) is 0 Å². The highest BCUT2D eigenvalue weighted by Crippen LogP contribution is 2.35. The van der Waals surface area contributed by atoms with Gasteiger partial charge in [0.15, 0.2) is 16.4 Å². The highest BCUT2D eigenvalue weighted by Gasteiger charge is 2.21. The van der Waals surface area contributed by atoms with Gasteiger partial charge in [0.05, 0.1) is 0 Å². The molecule has 0 radical (unpaired) electrons. The van der Waals surface area contributed by atoms with E-state index in [-0.39, 0.29) is 3.57 Å². The van der Waals surface area contributed by atoms with Crippen LogP contribution in [0.4, 0.5) is 0 Å². The van der Waals surface area contributed by atoms with E-state index < -0.39 is 26.5 Å². The molecule has 0 saturated heterocycles. The summed E-state index contributed by atoms with van der Waals surface area (Å²) in [7, 11) is -4.50. The van der Waals surface area contributed by atoms with Gasteiger partial charge in [-0.15, -0.1) is 0 Å². The minimum Gasteiger partial charge on any atom is -0.504 e. The van der Waals surface area contributed by atoms with E-state index >= 15 is 0 Å². The van der Waals surface area contributed by atoms with Gasteiger partial charge in [-0.1, -0.05) is 0 Å². The second-order valence-corrected chi connectivity index (χ2v) is 4.74. The van der Waals surface area contributed by atoms with Crippen LogP contribution in [0.2, 0.25) is 0 Å². The summed E-state index contributed by atoms with van der Waals surface area (Å²) in [6, 6.07) is 2.39. The van der Waals surface area contributed by atoms with Gasteiger partial charge in [-0.2, -0.15) is 8.42 Å². The molecular formula is C6H5IO5S. The molecule has 0 atom stereocenters. The molecule has 0 fully saturated rings. The molecule has 13 heavy (non-hydrogen) atoms. The molecule has 0 aromatic heterocycles. The van der Waals surface area contributed by atoms with Crippen LogP contribution in [-0.2, 0) is 10.1 Å². The summed E-state index contributed by atoms with van der Waals surface area (Å²) >= 11 is 1.62. The molecule has 0 amide bonds. The zero-order valence-corrected chi connectivity index (χ0v) is 9.07. The molecule has 0 unspecified atom stereocenters. The van der Waals surface area contributed by atoms with E-state index in [9.17, 15) is 8.42 Å². The SMILES string of the molecule is O=S(=O)(O)c1c(I)ccc(O)c1O. The third kappa shape index (κ3) is 2.03. The van der Waals surface area contributed by atoms with E-state index in [4.69, 9.17) is 14.8 Å². The first-order valence-corrected chi connectivity index (χ1v) is 5.54. The van der Waals surface area contributed by atoms with Crippen LogP contribution < -0.4 is 0 Å². The Bertz CT molecular complexity index is 439. The Kier molecular flexibility index (Phi) is 2.68. The Morgan fingerprint density at radius 2 is 1.77 bits per heavy atom. The summed E-state index contributed by atoms with van der Waals surface area (Å²) in [4.78, 5) is -0.673. The lowest BCUT2D eigenvalue weighted by Gasteiger charge is -2.04. The second kappa shape index (κ2) is 3.31. The van der Waals surface area contributed by atoms with Crippen LogP contribution in [0.5, 0.6) is 11.5 Å². The number of phenols is 2. The second-order valence-electron chi connectivity index (χ2n) is 2.22. The molecule has 0 aliphatic rings. The number of hydrogen-bond acceptors (Lipinski definition) is 4. The smallest absolute Gasteiger partial charge is 0.299 e. The third-order valence-electron chi connectivity index (χ3n) is 1.32. The van der Waals surface area contributed by atoms with Gasteiger partial charge in [-0.05, 0) is 34.7 Å². The fourth-order valence-electron chi connectivity index (χ4n) is 0.782. The molecule has 1 aromatic rings. The lowest BCUT2D eigenvalue weighted by molar-refractivity contribution is 0.388. The Labute approximate surface area is 87.9 Å². The average molecular weight is 316 g/mol. The van der Waals surface area contributed by atoms with E-state index in [0.717, 1.165) is 6.07 Å². The first-order valence-electron chi connectivity index (χ1n) is 3.02. The predicted octanol–water partition coefficient (Wildman–Crippen LogP) is 0.949. The average Bonchev–Trinajstić information content (AvgIpc) is 1.95. The maximum absolute atomic E-state index is 10.7. The van der Waals surface area contributed by atoms with Crippen LogP contribution in [0.1, 0.15) is 0 Å². The molecule has 3 N–H and O–H groups in total. The number of halogens is 1. The van der Waals surface area contributed by atoms with Crippen molar-refractivity contribution in [2.75, 3.05) is 0 Å². The maximum Gasteiger partial charge on any atom is 0.299 e. The summed E-state index contributed by atoms with van der Waals surface area (Å²) < 4.78 is 30.2. The summed E-state index contributed by atoms with van der Waals surface area (Å²) in [5, 5.41) is 18.1. The fourth-order valence-corrected chi connectivity index (χ4v) is 2.71. The summed E-state index contributed by atoms with van der Waals surface area (Å²) in [6.45, 7) is 0. The zero-order chi connectivity index (χ0) is 10.2. The number of aromatic hydroxyl groups is 2. The normalized spacial score (nSPS) is 11.5. The minimum atomic E-state index is -4.50. The molecule has 0 aliphatic carbocycles. The monoisotopic (exact) mass is 316 g/mol. The van der Waals surface area contributed by atoms with Gasteiger partial charge in [0.25, 0.3) is 10.1 Å². The molecule has 0 aliphatic heterocycles. The van der Waals surface area contributed by atoms with E-state index in [0.29, 0.717) is 0 Å². The van der Waals surface area contributed by atoms with Crippen LogP contribution in [0.15, 0.2) is 17.0 Å². The van der Waals surface area contributed by atoms with E-state index in [2.05, 4.69) is 0 Å². The molecule has 72 valence electrons. The van der Waals surface area contributed by atoms with Crippen molar-refractivity contribution in [2.24, 2.45) is 0 Å². The minimum absolute atomic E-state index is 0.135. The number of rotatable bonds is 1. The lowest BCUT2D eigenvalue weighted by Crippen LogP contribution is -2.01. The van der Waals surface area contributed by atoms with Crippen molar-refractivity contribution in [1.82, 2.24) is 0 Å². The molecule has 0 spiro atoms. The molecule has 7 heteroatoms. The van der Waals surface area contributed by atoms with Gasteiger partial charge < -0.3 is 10.2 Å². The Morgan fingerprint density at radius 3 is 2.15 bits per heavy atom. The Morgan fingerprint density at radius 1 is 1.23 bits per heavy atom. The van der Waals surface area contributed by atoms with Crippen molar-refractivity contribution >= 4 is 32.7 Å². The molecule has 0 bridgehead atoms. The highest BCUT2D eigenvalue weighted by molar-refractivity contribution is 14.1. The van der Waals surface area contributed by atoms with Crippen molar-refractivity contribution in [3.8, 4) is 11.5 Å². The van der Waals surface area contributed by atoms with Gasteiger partial charge in [0.1, 0.15) is 0 Å². The summed E-state index contributed by atoms with van der Waals surface area (Å²) in [6.07, 6.45) is 0. The van der Waals surface area contributed by atoms with Gasteiger partial charge in [0, 0.05) is 3.57 Å². The summed E-state index contributed by atoms with van der Waals surface area (Å²) in [5.41, 5.74) is 0. The molecule has 0 saturated carbocycles. The number of phenolic OH excluding ortho intramolecular Hbond substituents is 2. The molecule has 1 aromatic carbocycles. The maximum atomic E-state index is 10.7. The van der Waals surface area contributed by atoms with Crippen molar-refractivity contribution in [1.29, 1.82) is 0 Å². The first-order chi connectivity index (χ1) is 5.84. The van der Waals surface area contributed by atoms with Gasteiger partial charge >= 0.3 is 0 Å². The van der Waals surface area contributed by atoms with Crippen LogP contribution in [0.3, 0.4) is 0 Å². The van der Waals surface area contributed by atoms with Gasteiger partial charge in [-0.3, -0.25) is 4.55 Å². The quantitative estimate of drug-likeness (QED) is 0.407. The Hall–Kier alpha value is -0.540. The van der Waals surface area contributed by atoms with Crippen LogP contribution in [-0.4, -0.2) is 23.2 Å². The fraction of sp³-hybridized carbons (Fsp3) is 0. The van der Waals surface area contributed by atoms with Crippen molar-refractivity contribution in [3.05, 3.63) is 15.7 Å². The predicted molar refractivity (Wildman–Crippen MR) is 52.3 cm³/mol. The zero-order valence-electron chi connectivity index (χ0n) is 6.10. The topological polar surface area (TPSA) is 94.8 Å². The third-order valence-corrected chi connectivity index (χ3v) is 3.51.